The summed E-state index contributed by atoms with van der Waals surface area (Å²) in [6.07, 6.45) is 1.80. The van der Waals surface area contributed by atoms with Crippen molar-refractivity contribution in [2.24, 2.45) is 16.3 Å². The third kappa shape index (κ3) is 4.35. The molecule has 1 atom stereocenters. The van der Waals surface area contributed by atoms with E-state index < -0.39 is 11.7 Å². The Morgan fingerprint density at radius 1 is 0.943 bits per heavy atom. The second-order valence-electron chi connectivity index (χ2n) is 9.67. The van der Waals surface area contributed by atoms with Crippen molar-refractivity contribution in [3.05, 3.63) is 90.8 Å². The molecule has 0 saturated carbocycles. The number of Topliss-reactive ketones (excluding diaryl/α,β-unsaturated/α-hetero) is 1. The highest BCUT2D eigenvalue weighted by atomic mass is 16.2. The lowest BCUT2D eigenvalue weighted by atomic mass is 9.82. The van der Waals surface area contributed by atoms with Crippen molar-refractivity contribution in [3.63, 3.8) is 0 Å². The average molecular weight is 465 g/mol. The van der Waals surface area contributed by atoms with Crippen molar-refractivity contribution < 1.29 is 9.59 Å². The molecule has 5 rings (SSSR count). The molecule has 3 heterocycles. The Morgan fingerprint density at radius 2 is 1.63 bits per heavy atom. The van der Waals surface area contributed by atoms with Crippen LogP contribution in [0.15, 0.2) is 90.1 Å². The summed E-state index contributed by atoms with van der Waals surface area (Å²) >= 11 is 0. The van der Waals surface area contributed by atoms with E-state index in [4.69, 9.17) is 0 Å². The number of anilines is 2. The Labute approximate surface area is 204 Å². The number of amidine groups is 1. The molecule has 35 heavy (non-hydrogen) atoms. The molecule has 0 saturated heterocycles. The van der Waals surface area contributed by atoms with Gasteiger partial charge in [-0.1, -0.05) is 57.2 Å². The first-order chi connectivity index (χ1) is 16.8. The molecule has 0 aliphatic carbocycles. The van der Waals surface area contributed by atoms with Crippen LogP contribution < -0.4 is 10.6 Å². The molecule has 1 aliphatic rings. The van der Waals surface area contributed by atoms with E-state index in [1.807, 2.05) is 66.7 Å². The molecule has 1 unspecified atom stereocenters. The minimum absolute atomic E-state index is 0.137. The molecule has 0 bridgehead atoms. The first-order valence-electron chi connectivity index (χ1n) is 11.8. The van der Waals surface area contributed by atoms with E-state index in [1.165, 1.54) is 0 Å². The second-order valence-corrected chi connectivity index (χ2v) is 9.67. The molecule has 1 aliphatic heterocycles. The number of ketones is 1. The molecule has 6 nitrogen and oxygen atoms in total. The van der Waals surface area contributed by atoms with Gasteiger partial charge in [0.2, 0.25) is 0 Å². The zero-order valence-electron chi connectivity index (χ0n) is 20.1. The van der Waals surface area contributed by atoms with E-state index in [0.717, 1.165) is 34.7 Å². The van der Waals surface area contributed by atoms with Gasteiger partial charge in [-0.3, -0.25) is 14.6 Å². The molecule has 4 aromatic rings. The summed E-state index contributed by atoms with van der Waals surface area (Å²) < 4.78 is 1.77. The maximum atomic E-state index is 13.4. The lowest BCUT2D eigenvalue weighted by Gasteiger charge is -2.24. The Hall–Kier alpha value is -4.19. The maximum absolute atomic E-state index is 13.4. The van der Waals surface area contributed by atoms with Gasteiger partial charge in [-0.05, 0) is 53.4 Å². The predicted octanol–water partition coefficient (Wildman–Crippen LogP) is 5.91. The van der Waals surface area contributed by atoms with Crippen LogP contribution in [0.4, 0.5) is 11.4 Å². The second kappa shape index (κ2) is 8.87. The number of benzene rings is 2. The van der Waals surface area contributed by atoms with E-state index in [1.54, 1.807) is 22.7 Å². The van der Waals surface area contributed by atoms with Crippen LogP contribution in [-0.2, 0) is 4.79 Å². The first kappa shape index (κ1) is 22.6. The molecule has 176 valence electrons. The highest BCUT2D eigenvalue weighted by Crippen LogP contribution is 2.34. The van der Waals surface area contributed by atoms with Crippen molar-refractivity contribution in [1.82, 2.24) is 4.40 Å². The molecule has 0 spiro atoms. The Balaban J connectivity index is 1.35. The van der Waals surface area contributed by atoms with Crippen LogP contribution in [0, 0.1) is 11.3 Å². The summed E-state index contributed by atoms with van der Waals surface area (Å²) in [4.78, 5) is 31.0. The van der Waals surface area contributed by atoms with E-state index >= 15 is 0 Å². The quantitative estimate of drug-likeness (QED) is 0.285. The Bertz CT molecular complexity index is 1430. The first-order valence-corrected chi connectivity index (χ1v) is 11.8. The molecule has 0 fully saturated rings. The number of carbonyl (C=O) groups excluding carboxylic acids is 2. The van der Waals surface area contributed by atoms with Crippen LogP contribution in [0.5, 0.6) is 0 Å². The predicted molar refractivity (Wildman–Crippen MR) is 141 cm³/mol. The molecule has 2 aromatic heterocycles. The van der Waals surface area contributed by atoms with Gasteiger partial charge in [0.15, 0.2) is 0 Å². The topological polar surface area (TPSA) is 75.0 Å². The minimum Gasteiger partial charge on any atom is -0.344 e. The maximum Gasteiger partial charge on any atom is 0.298 e. The highest BCUT2D eigenvalue weighted by Gasteiger charge is 2.34. The molecule has 2 aromatic carbocycles. The average Bonchev–Trinajstić information content (AvgIpc) is 3.38. The fourth-order valence-electron chi connectivity index (χ4n) is 4.35. The highest BCUT2D eigenvalue weighted by molar-refractivity contribution is 6.47. The fraction of sp³-hybridized carbons (Fsp3) is 0.207. The summed E-state index contributed by atoms with van der Waals surface area (Å²) in [7, 11) is 0. The number of hydrogen-bond donors (Lipinski definition) is 2. The number of aromatic nitrogens is 1. The van der Waals surface area contributed by atoms with Crippen LogP contribution >= 0.6 is 0 Å². The summed E-state index contributed by atoms with van der Waals surface area (Å²) in [5, 5.41) is 6.14. The molecule has 6 heteroatoms. The van der Waals surface area contributed by atoms with Crippen molar-refractivity contribution >= 4 is 34.4 Å². The standard InChI is InChI=1S/C29H28N4O2/c1-19-27(30-18-29(19,2)3)31-21-12-14-22(15-13-21)32-28(35)26(34)25-24(20-9-5-4-6-10-20)17-23-11-7-8-16-33(23)25/h4-17,19H,18H2,1-3H3,(H,30,31)(H,32,35). The van der Waals surface area contributed by atoms with Crippen molar-refractivity contribution in [3.8, 4) is 11.1 Å². The fourth-order valence-corrected chi connectivity index (χ4v) is 4.35. The molecular weight excluding hydrogens is 436 g/mol. The third-order valence-electron chi connectivity index (χ3n) is 6.84. The van der Waals surface area contributed by atoms with Crippen LogP contribution in [0.25, 0.3) is 16.6 Å². The van der Waals surface area contributed by atoms with Gasteiger partial charge in [-0.2, -0.15) is 0 Å². The van der Waals surface area contributed by atoms with Crippen LogP contribution in [0.2, 0.25) is 0 Å². The molecule has 0 radical (unpaired) electrons. The number of fused-ring (bicyclic) bond motifs is 1. The van der Waals surface area contributed by atoms with Crippen molar-refractivity contribution in [2.45, 2.75) is 20.8 Å². The largest absolute Gasteiger partial charge is 0.344 e. The van der Waals surface area contributed by atoms with Gasteiger partial charge in [0.05, 0.1) is 0 Å². The number of pyridine rings is 1. The normalized spacial score (nSPS) is 16.7. The van der Waals surface area contributed by atoms with E-state index in [0.29, 0.717) is 17.3 Å². The third-order valence-corrected chi connectivity index (χ3v) is 6.84. The van der Waals surface area contributed by atoms with Gasteiger partial charge in [-0.15, -0.1) is 0 Å². The SMILES string of the molecule is CC1C(Nc2ccc(NC(=O)C(=O)c3c(-c4ccccc4)cc4ccccn34)cc2)=NCC1(C)C. The van der Waals surface area contributed by atoms with Gasteiger partial charge >= 0.3 is 0 Å². The number of nitrogens with zero attached hydrogens (tertiary/aromatic N) is 2. The van der Waals surface area contributed by atoms with E-state index in [-0.39, 0.29) is 5.41 Å². The zero-order chi connectivity index (χ0) is 24.6. The van der Waals surface area contributed by atoms with E-state index in [2.05, 4.69) is 36.4 Å². The Kier molecular flexibility index (Phi) is 5.73. The van der Waals surface area contributed by atoms with Crippen LogP contribution in [0.3, 0.4) is 0 Å². The lowest BCUT2D eigenvalue weighted by molar-refractivity contribution is -0.112. The van der Waals surface area contributed by atoms with Gasteiger partial charge in [0.25, 0.3) is 11.7 Å². The van der Waals surface area contributed by atoms with Crippen LogP contribution in [-0.4, -0.2) is 28.5 Å². The lowest BCUT2D eigenvalue weighted by Crippen LogP contribution is -2.28. The number of nitrogens with one attached hydrogen (secondary N) is 2. The Morgan fingerprint density at radius 3 is 2.31 bits per heavy atom. The van der Waals surface area contributed by atoms with Gasteiger partial charge in [-0.25, -0.2) is 0 Å². The van der Waals surface area contributed by atoms with E-state index in [9.17, 15) is 9.59 Å². The summed E-state index contributed by atoms with van der Waals surface area (Å²) in [6.45, 7) is 7.39. The number of amides is 1. The molecular formula is C29H28N4O2. The smallest absolute Gasteiger partial charge is 0.298 e. The summed E-state index contributed by atoms with van der Waals surface area (Å²) in [5.74, 6) is 0.0293. The van der Waals surface area contributed by atoms with Gasteiger partial charge in [0.1, 0.15) is 11.5 Å². The monoisotopic (exact) mass is 464 g/mol. The minimum atomic E-state index is -0.678. The molecule has 1 amide bonds. The van der Waals surface area contributed by atoms with Gasteiger partial charge < -0.3 is 15.0 Å². The van der Waals surface area contributed by atoms with Gasteiger partial charge in [0, 0.05) is 41.1 Å². The zero-order valence-corrected chi connectivity index (χ0v) is 20.1. The number of aliphatic imine (C=N–C) groups is 1. The summed E-state index contributed by atoms with van der Waals surface area (Å²) in [5.41, 5.74) is 4.39. The summed E-state index contributed by atoms with van der Waals surface area (Å²) in [6, 6.07) is 24.6. The number of rotatable bonds is 5. The number of hydrogen-bond acceptors (Lipinski definition) is 4. The number of carbonyl (C=O) groups is 2. The van der Waals surface area contributed by atoms with Crippen molar-refractivity contribution in [2.75, 3.05) is 17.2 Å². The molecule has 2 N–H and O–H groups in total. The van der Waals surface area contributed by atoms with Crippen molar-refractivity contribution in [1.29, 1.82) is 0 Å². The van der Waals surface area contributed by atoms with Crippen LogP contribution in [0.1, 0.15) is 31.3 Å².